The number of rotatable bonds is 10. The molecule has 5 rings (SSSR count). The highest BCUT2D eigenvalue weighted by Gasteiger charge is 2.51. The van der Waals surface area contributed by atoms with Crippen molar-refractivity contribution < 1.29 is 38.6 Å². The van der Waals surface area contributed by atoms with Crippen LogP contribution in [-0.2, 0) is 52.2 Å². The maximum absolute atomic E-state index is 14.1. The first-order valence-electron chi connectivity index (χ1n) is 15.5. The van der Waals surface area contributed by atoms with Gasteiger partial charge in [-0.05, 0) is 45.2 Å². The van der Waals surface area contributed by atoms with Gasteiger partial charge >= 0.3 is 17.9 Å². The van der Waals surface area contributed by atoms with Crippen LogP contribution in [0.25, 0.3) is 22.3 Å². The van der Waals surface area contributed by atoms with E-state index in [0.717, 1.165) is 16.5 Å². The molecular formula is C34H38N4O9. The summed E-state index contributed by atoms with van der Waals surface area (Å²) in [4.78, 5) is 75.1. The molecule has 0 spiro atoms. The van der Waals surface area contributed by atoms with E-state index in [9.17, 15) is 24.0 Å². The molecular weight excluding hydrogens is 608 g/mol. The molecule has 3 aromatic rings. The van der Waals surface area contributed by atoms with Gasteiger partial charge in [0.15, 0.2) is 0 Å². The first kappa shape index (κ1) is 33.3. The molecule has 4 heterocycles. The van der Waals surface area contributed by atoms with Crippen molar-refractivity contribution in [2.24, 2.45) is 11.1 Å². The van der Waals surface area contributed by atoms with Crippen LogP contribution in [0.4, 0.5) is 0 Å². The number of hydrogen-bond donors (Lipinski definition) is 2. The van der Waals surface area contributed by atoms with Crippen LogP contribution in [0.15, 0.2) is 40.3 Å². The van der Waals surface area contributed by atoms with Crippen LogP contribution in [0.5, 0.6) is 0 Å². The van der Waals surface area contributed by atoms with E-state index in [1.54, 1.807) is 37.6 Å². The Hall–Kier alpha value is -5.07. The van der Waals surface area contributed by atoms with Crippen LogP contribution >= 0.6 is 0 Å². The number of nitrogens with zero attached hydrogens (tertiary/aromatic N) is 3. The van der Waals surface area contributed by atoms with Gasteiger partial charge in [-0.1, -0.05) is 44.1 Å². The molecule has 248 valence electrons. The second-order valence-electron chi connectivity index (χ2n) is 13.0. The number of carbonyl (C=O) groups is 4. The Kier molecular flexibility index (Phi) is 8.94. The van der Waals surface area contributed by atoms with E-state index in [-0.39, 0.29) is 37.1 Å². The van der Waals surface area contributed by atoms with Crippen molar-refractivity contribution >= 4 is 40.9 Å². The van der Waals surface area contributed by atoms with Crippen LogP contribution in [0, 0.1) is 5.92 Å². The van der Waals surface area contributed by atoms with Gasteiger partial charge in [-0.2, -0.15) is 0 Å². The Labute approximate surface area is 270 Å². The minimum Gasteiger partial charge on any atom is -0.481 e. The molecule has 0 bridgehead atoms. The van der Waals surface area contributed by atoms with Crippen molar-refractivity contribution in [2.45, 2.75) is 91.2 Å². The third kappa shape index (κ3) is 6.34. The van der Waals surface area contributed by atoms with Crippen molar-refractivity contribution in [2.75, 3.05) is 0 Å². The average Bonchev–Trinajstić information content (AvgIpc) is 3.37. The molecule has 0 radical (unpaired) electrons. The molecule has 0 saturated heterocycles. The number of carboxylic acid groups (broad SMARTS) is 1. The smallest absolute Gasteiger partial charge is 0.355 e. The number of amides is 1. The Morgan fingerprint density at radius 3 is 2.55 bits per heavy atom. The molecule has 2 aromatic heterocycles. The number of cyclic esters (lactones) is 1. The topological polar surface area (TPSA) is 175 Å². The molecule has 1 unspecified atom stereocenters. The van der Waals surface area contributed by atoms with E-state index >= 15 is 0 Å². The first-order chi connectivity index (χ1) is 22.2. The SMILES string of the molecule is CC[C@@]1(OC(=O)C(NC(=O)CCC(=O)O)C(C)C)C(=O)OCc2c1cc1n(c2=O)Cc2c-1nc1ccccc1c2C=NOC(C)(C)C. The summed E-state index contributed by atoms with van der Waals surface area (Å²) in [5.74, 6) is -4.05. The molecule has 0 saturated carbocycles. The van der Waals surface area contributed by atoms with Gasteiger partial charge in [0.05, 0.1) is 41.6 Å². The van der Waals surface area contributed by atoms with Crippen LogP contribution < -0.4 is 10.9 Å². The predicted octanol–water partition coefficient (Wildman–Crippen LogP) is 3.79. The summed E-state index contributed by atoms with van der Waals surface area (Å²) in [7, 11) is 0. The van der Waals surface area contributed by atoms with Gasteiger partial charge in [-0.25, -0.2) is 14.6 Å². The van der Waals surface area contributed by atoms with Gasteiger partial charge in [0.25, 0.3) is 5.56 Å². The Morgan fingerprint density at radius 1 is 1.17 bits per heavy atom. The first-order valence-corrected chi connectivity index (χ1v) is 15.5. The van der Waals surface area contributed by atoms with Crippen molar-refractivity contribution in [1.82, 2.24) is 14.9 Å². The second-order valence-corrected chi connectivity index (χ2v) is 13.0. The number of nitrogens with one attached hydrogen (secondary N) is 1. The molecule has 2 N–H and O–H groups in total. The highest BCUT2D eigenvalue weighted by Crippen LogP contribution is 2.42. The van der Waals surface area contributed by atoms with E-state index in [1.807, 2.05) is 45.0 Å². The van der Waals surface area contributed by atoms with Gasteiger partial charge in [0.1, 0.15) is 18.2 Å². The number of pyridine rings is 2. The van der Waals surface area contributed by atoms with Crippen LogP contribution in [-0.4, -0.2) is 56.3 Å². The molecule has 13 heteroatoms. The number of aliphatic carboxylic acids is 1. The third-order valence-electron chi connectivity index (χ3n) is 8.19. The van der Waals surface area contributed by atoms with Gasteiger partial charge < -0.3 is 29.3 Å². The van der Waals surface area contributed by atoms with Crippen molar-refractivity contribution in [3.8, 4) is 11.4 Å². The van der Waals surface area contributed by atoms with Gasteiger partial charge in [0, 0.05) is 28.5 Å². The van der Waals surface area contributed by atoms with Gasteiger partial charge in [-0.15, -0.1) is 0 Å². The fraction of sp³-hybridized carbons (Fsp3) is 0.441. The summed E-state index contributed by atoms with van der Waals surface area (Å²) in [5.41, 5.74) is 0.509. The van der Waals surface area contributed by atoms with Crippen molar-refractivity contribution in [3.63, 3.8) is 0 Å². The van der Waals surface area contributed by atoms with E-state index in [4.69, 9.17) is 24.4 Å². The molecule has 1 aromatic carbocycles. The van der Waals surface area contributed by atoms with Crippen LogP contribution in [0.3, 0.4) is 0 Å². The number of hydrogen-bond acceptors (Lipinski definition) is 10. The minimum atomic E-state index is -1.98. The maximum Gasteiger partial charge on any atom is 0.355 e. The zero-order valence-corrected chi connectivity index (χ0v) is 27.2. The number of carbonyl (C=O) groups excluding carboxylic acids is 3. The fourth-order valence-corrected chi connectivity index (χ4v) is 5.80. The highest BCUT2D eigenvalue weighted by molar-refractivity contribution is 6.02. The standard InChI is InChI=1S/C34H38N4O9/c1-7-34(46-31(43)28(18(2)3)37-26(39)12-13-27(40)41)23-14-25-29-21(16-38(25)30(42)22(23)17-45-32(34)44)20(15-35-47-33(4,5)6)19-10-8-9-11-24(19)36-29/h8-11,14-15,18,28H,7,12-13,16-17H2,1-6H3,(H,37,39)(H,40,41)/t28?,34-/m0/s1. The van der Waals surface area contributed by atoms with Crippen molar-refractivity contribution in [1.29, 1.82) is 0 Å². The lowest BCUT2D eigenvalue weighted by Gasteiger charge is -2.37. The van der Waals surface area contributed by atoms with Crippen molar-refractivity contribution in [3.05, 3.63) is 62.9 Å². The highest BCUT2D eigenvalue weighted by atomic mass is 16.6. The number of para-hydroxylation sites is 1. The number of aromatic nitrogens is 2. The number of oxime groups is 1. The van der Waals surface area contributed by atoms with Gasteiger partial charge in [-0.3, -0.25) is 14.4 Å². The lowest BCUT2D eigenvalue weighted by atomic mass is 9.85. The number of esters is 2. The summed E-state index contributed by atoms with van der Waals surface area (Å²) in [6.45, 7) is 10.5. The summed E-state index contributed by atoms with van der Waals surface area (Å²) in [5, 5.41) is 16.5. The largest absolute Gasteiger partial charge is 0.481 e. The molecule has 2 atom stereocenters. The Bertz CT molecular complexity index is 1870. The molecule has 2 aliphatic heterocycles. The number of carboxylic acids is 1. The minimum absolute atomic E-state index is 0.0642. The molecule has 1 amide bonds. The quantitative estimate of drug-likeness (QED) is 0.147. The molecule has 2 aliphatic rings. The monoisotopic (exact) mass is 646 g/mol. The molecule has 0 fully saturated rings. The van der Waals surface area contributed by atoms with E-state index in [0.29, 0.717) is 16.9 Å². The summed E-state index contributed by atoms with van der Waals surface area (Å²) < 4.78 is 13.0. The lowest BCUT2D eigenvalue weighted by Crippen LogP contribution is -2.52. The Balaban J connectivity index is 1.60. The number of fused-ring (bicyclic) bond motifs is 5. The number of benzene rings is 1. The second kappa shape index (κ2) is 12.6. The predicted molar refractivity (Wildman–Crippen MR) is 170 cm³/mol. The number of ether oxygens (including phenoxy) is 2. The summed E-state index contributed by atoms with van der Waals surface area (Å²) >= 11 is 0. The van der Waals surface area contributed by atoms with Crippen LogP contribution in [0.2, 0.25) is 0 Å². The summed E-state index contributed by atoms with van der Waals surface area (Å²) in [6, 6.07) is 7.97. The third-order valence-corrected chi connectivity index (χ3v) is 8.19. The van der Waals surface area contributed by atoms with E-state index in [2.05, 4.69) is 10.5 Å². The van der Waals surface area contributed by atoms with Crippen LogP contribution in [0.1, 0.15) is 83.1 Å². The molecule has 13 nitrogen and oxygen atoms in total. The van der Waals surface area contributed by atoms with E-state index < -0.39 is 59.0 Å². The van der Waals surface area contributed by atoms with E-state index in [1.165, 1.54) is 0 Å². The Morgan fingerprint density at radius 2 is 1.89 bits per heavy atom. The lowest BCUT2D eigenvalue weighted by molar-refractivity contribution is -0.191. The average molecular weight is 647 g/mol. The zero-order chi connectivity index (χ0) is 34.3. The maximum atomic E-state index is 14.1. The normalized spacial score (nSPS) is 17.6. The molecule has 0 aliphatic carbocycles. The fourth-order valence-electron chi connectivity index (χ4n) is 5.80. The van der Waals surface area contributed by atoms with Gasteiger partial charge in [0.2, 0.25) is 11.5 Å². The zero-order valence-electron chi connectivity index (χ0n) is 27.2. The summed E-state index contributed by atoms with van der Waals surface area (Å²) in [6.07, 6.45) is 0.799. The molecule has 47 heavy (non-hydrogen) atoms.